The number of nitrogens with one attached hydrogen (secondary N) is 1. The number of pyridine rings is 1. The van der Waals surface area contributed by atoms with Gasteiger partial charge in [-0.3, -0.25) is 0 Å². The van der Waals surface area contributed by atoms with Crippen molar-refractivity contribution in [2.24, 2.45) is 0 Å². The van der Waals surface area contributed by atoms with Crippen molar-refractivity contribution in [3.8, 4) is 11.6 Å². The molecule has 1 aromatic heterocycles. The Morgan fingerprint density at radius 1 is 1.26 bits per heavy atom. The predicted molar refractivity (Wildman–Crippen MR) is 68.2 cm³/mol. The molecule has 0 bridgehead atoms. The molecular weight excluding hydrogens is 250 g/mol. The number of hydrogen-bond acceptors (Lipinski definition) is 3. The van der Waals surface area contributed by atoms with Crippen molar-refractivity contribution >= 4 is 0 Å². The highest BCUT2D eigenvalue weighted by molar-refractivity contribution is 5.36. The van der Waals surface area contributed by atoms with Crippen molar-refractivity contribution in [2.45, 2.75) is 13.5 Å². The van der Waals surface area contributed by atoms with Gasteiger partial charge in [0.05, 0.1) is 0 Å². The van der Waals surface area contributed by atoms with Crippen molar-refractivity contribution < 1.29 is 13.5 Å². The Bertz CT molecular complexity index is 588. The second-order valence-corrected chi connectivity index (χ2v) is 4.13. The number of rotatable bonds is 4. The highest BCUT2D eigenvalue weighted by atomic mass is 19.1. The average molecular weight is 264 g/mol. The summed E-state index contributed by atoms with van der Waals surface area (Å²) in [6.07, 6.45) is 1.48. The summed E-state index contributed by atoms with van der Waals surface area (Å²) in [6, 6.07) is 5.62. The van der Waals surface area contributed by atoms with Crippen LogP contribution in [0, 0.1) is 18.6 Å². The Labute approximate surface area is 110 Å². The fourth-order valence-corrected chi connectivity index (χ4v) is 1.69. The minimum absolute atomic E-state index is 0.109. The maximum Gasteiger partial charge on any atom is 0.256 e. The van der Waals surface area contributed by atoms with Gasteiger partial charge in [0.2, 0.25) is 0 Å². The summed E-state index contributed by atoms with van der Waals surface area (Å²) in [4.78, 5) is 3.86. The summed E-state index contributed by atoms with van der Waals surface area (Å²) in [7, 11) is 1.73. The molecule has 0 aliphatic carbocycles. The third kappa shape index (κ3) is 3.06. The van der Waals surface area contributed by atoms with E-state index < -0.39 is 5.82 Å². The van der Waals surface area contributed by atoms with Gasteiger partial charge < -0.3 is 10.1 Å². The van der Waals surface area contributed by atoms with Gasteiger partial charge in [-0.25, -0.2) is 13.8 Å². The molecule has 0 unspecified atom stereocenters. The second-order valence-electron chi connectivity index (χ2n) is 4.13. The molecule has 0 saturated heterocycles. The Kier molecular flexibility index (Phi) is 4.06. The van der Waals surface area contributed by atoms with Crippen LogP contribution in [0.25, 0.3) is 0 Å². The SMILES string of the molecule is CNCc1ccnc(Oc2ccc(F)cc2C)c1F. The average Bonchev–Trinajstić information content (AvgIpc) is 2.37. The predicted octanol–water partition coefficient (Wildman–Crippen LogP) is 3.18. The minimum atomic E-state index is -0.513. The molecule has 19 heavy (non-hydrogen) atoms. The van der Waals surface area contributed by atoms with E-state index in [0.717, 1.165) is 0 Å². The normalized spacial score (nSPS) is 10.5. The van der Waals surface area contributed by atoms with Gasteiger partial charge in [0.1, 0.15) is 11.6 Å². The number of aromatic nitrogens is 1. The zero-order valence-corrected chi connectivity index (χ0v) is 10.7. The van der Waals surface area contributed by atoms with E-state index in [1.54, 1.807) is 20.0 Å². The lowest BCUT2D eigenvalue weighted by molar-refractivity contribution is 0.414. The number of ether oxygens (including phenoxy) is 1. The lowest BCUT2D eigenvalue weighted by Crippen LogP contribution is -2.08. The van der Waals surface area contributed by atoms with Crippen LogP contribution in [-0.2, 0) is 6.54 Å². The molecule has 0 aliphatic rings. The molecule has 0 amide bonds. The number of benzene rings is 1. The van der Waals surface area contributed by atoms with E-state index in [1.807, 2.05) is 0 Å². The van der Waals surface area contributed by atoms with E-state index in [4.69, 9.17) is 4.74 Å². The van der Waals surface area contributed by atoms with E-state index in [1.165, 1.54) is 24.4 Å². The quantitative estimate of drug-likeness (QED) is 0.921. The molecular formula is C14H14F2N2O. The number of nitrogens with zero attached hydrogens (tertiary/aromatic N) is 1. The molecule has 1 heterocycles. The Hall–Kier alpha value is -2.01. The molecule has 5 heteroatoms. The van der Waals surface area contributed by atoms with Crippen LogP contribution < -0.4 is 10.1 Å². The van der Waals surface area contributed by atoms with E-state index >= 15 is 0 Å². The van der Waals surface area contributed by atoms with Crippen molar-refractivity contribution in [1.29, 1.82) is 0 Å². The summed E-state index contributed by atoms with van der Waals surface area (Å²) in [6.45, 7) is 2.07. The maximum atomic E-state index is 14.1. The van der Waals surface area contributed by atoms with Crippen molar-refractivity contribution in [2.75, 3.05) is 7.05 Å². The monoisotopic (exact) mass is 264 g/mol. The van der Waals surface area contributed by atoms with Crippen LogP contribution in [-0.4, -0.2) is 12.0 Å². The minimum Gasteiger partial charge on any atom is -0.436 e. The van der Waals surface area contributed by atoms with Gasteiger partial charge in [-0.1, -0.05) is 0 Å². The molecule has 3 nitrogen and oxygen atoms in total. The van der Waals surface area contributed by atoms with Gasteiger partial charge in [0.15, 0.2) is 5.82 Å². The van der Waals surface area contributed by atoms with Crippen molar-refractivity contribution in [3.63, 3.8) is 0 Å². The number of halogens is 2. The molecule has 0 spiro atoms. The van der Waals surface area contributed by atoms with Crippen LogP contribution in [0.3, 0.4) is 0 Å². The fraction of sp³-hybridized carbons (Fsp3) is 0.214. The topological polar surface area (TPSA) is 34.2 Å². The second kappa shape index (κ2) is 5.75. The Balaban J connectivity index is 2.30. The van der Waals surface area contributed by atoms with E-state index in [-0.39, 0.29) is 11.7 Å². The largest absolute Gasteiger partial charge is 0.436 e. The lowest BCUT2D eigenvalue weighted by Gasteiger charge is -2.10. The lowest BCUT2D eigenvalue weighted by atomic mass is 10.2. The van der Waals surface area contributed by atoms with Crippen LogP contribution in [0.15, 0.2) is 30.5 Å². The molecule has 0 atom stereocenters. The Morgan fingerprint density at radius 2 is 2.05 bits per heavy atom. The highest BCUT2D eigenvalue weighted by Crippen LogP contribution is 2.27. The van der Waals surface area contributed by atoms with Crippen LogP contribution in [0.2, 0.25) is 0 Å². The van der Waals surface area contributed by atoms with Gasteiger partial charge in [-0.15, -0.1) is 0 Å². The zero-order valence-electron chi connectivity index (χ0n) is 10.7. The molecule has 2 rings (SSSR count). The number of aryl methyl sites for hydroxylation is 1. The summed E-state index contributed by atoms with van der Waals surface area (Å²) >= 11 is 0. The van der Waals surface area contributed by atoms with Gasteiger partial charge >= 0.3 is 0 Å². The molecule has 0 fully saturated rings. The standard InChI is InChI=1S/C14H14F2N2O/c1-9-7-11(15)3-4-12(9)19-14-13(16)10(8-17-2)5-6-18-14/h3-7,17H,8H2,1-2H3. The highest BCUT2D eigenvalue weighted by Gasteiger charge is 2.12. The van der Waals surface area contributed by atoms with E-state index in [9.17, 15) is 8.78 Å². The van der Waals surface area contributed by atoms with Crippen LogP contribution in [0.4, 0.5) is 8.78 Å². The van der Waals surface area contributed by atoms with E-state index in [0.29, 0.717) is 23.4 Å². The van der Waals surface area contributed by atoms with Crippen LogP contribution >= 0.6 is 0 Å². The van der Waals surface area contributed by atoms with Crippen LogP contribution in [0.5, 0.6) is 11.6 Å². The Morgan fingerprint density at radius 3 is 2.74 bits per heavy atom. The smallest absolute Gasteiger partial charge is 0.256 e. The summed E-state index contributed by atoms with van der Waals surface area (Å²) in [5, 5.41) is 2.86. The molecule has 0 radical (unpaired) electrons. The summed E-state index contributed by atoms with van der Waals surface area (Å²) in [5.74, 6) is -0.598. The molecule has 100 valence electrons. The van der Waals surface area contributed by atoms with Crippen molar-refractivity contribution in [3.05, 3.63) is 53.2 Å². The van der Waals surface area contributed by atoms with E-state index in [2.05, 4.69) is 10.3 Å². The van der Waals surface area contributed by atoms with Crippen molar-refractivity contribution in [1.82, 2.24) is 10.3 Å². The summed E-state index contributed by atoms with van der Waals surface area (Å²) < 4.78 is 32.4. The van der Waals surface area contributed by atoms with Gasteiger partial charge in [-0.2, -0.15) is 0 Å². The first kappa shape index (κ1) is 13.4. The third-order valence-corrected chi connectivity index (χ3v) is 2.65. The maximum absolute atomic E-state index is 14.1. The first-order valence-electron chi connectivity index (χ1n) is 5.84. The molecule has 1 aromatic carbocycles. The fourth-order valence-electron chi connectivity index (χ4n) is 1.69. The van der Waals surface area contributed by atoms with Crippen LogP contribution in [0.1, 0.15) is 11.1 Å². The molecule has 1 N–H and O–H groups in total. The molecule has 0 aliphatic heterocycles. The molecule has 2 aromatic rings. The number of hydrogen-bond donors (Lipinski definition) is 1. The van der Waals surface area contributed by atoms with Gasteiger partial charge in [0.25, 0.3) is 5.88 Å². The zero-order chi connectivity index (χ0) is 13.8. The first-order valence-corrected chi connectivity index (χ1v) is 5.84. The van der Waals surface area contributed by atoms with Gasteiger partial charge in [-0.05, 0) is 43.8 Å². The third-order valence-electron chi connectivity index (χ3n) is 2.65. The summed E-state index contributed by atoms with van der Waals surface area (Å²) in [5.41, 5.74) is 1.05. The first-order chi connectivity index (χ1) is 9.11. The molecule has 0 saturated carbocycles. The van der Waals surface area contributed by atoms with Gasteiger partial charge in [0, 0.05) is 18.3 Å².